The van der Waals surface area contributed by atoms with E-state index in [-0.39, 0.29) is 5.91 Å². The molecule has 0 aliphatic carbocycles. The molecule has 1 aromatic heterocycles. The fourth-order valence-electron chi connectivity index (χ4n) is 4.14. The van der Waals surface area contributed by atoms with Gasteiger partial charge in [-0.25, -0.2) is 0 Å². The van der Waals surface area contributed by atoms with Crippen LogP contribution in [-0.4, -0.2) is 46.4 Å². The van der Waals surface area contributed by atoms with Crippen molar-refractivity contribution in [3.63, 3.8) is 0 Å². The second kappa shape index (κ2) is 10.4. The highest BCUT2D eigenvalue weighted by atomic mass is 19.4. The van der Waals surface area contributed by atoms with Crippen molar-refractivity contribution < 1.29 is 18.0 Å². The molecule has 0 unspecified atom stereocenters. The lowest BCUT2D eigenvalue weighted by atomic mass is 10.1. The van der Waals surface area contributed by atoms with Crippen LogP contribution in [0.5, 0.6) is 0 Å². The summed E-state index contributed by atoms with van der Waals surface area (Å²) in [7, 11) is 0. The molecule has 0 spiro atoms. The zero-order chi connectivity index (χ0) is 24.1. The number of alkyl halides is 3. The molecular weight excluding hydrogens is 441 g/mol. The summed E-state index contributed by atoms with van der Waals surface area (Å²) < 4.78 is 38.1. The molecule has 0 radical (unpaired) electrons. The fraction of sp³-hybridized carbons (Fsp3) is 0.308. The molecule has 2 heterocycles. The van der Waals surface area contributed by atoms with Crippen molar-refractivity contribution in [3.05, 3.63) is 95.3 Å². The smallest absolute Gasteiger partial charge is 0.322 e. The number of hydrogen-bond donors (Lipinski definition) is 1. The molecule has 178 valence electrons. The first-order chi connectivity index (χ1) is 16.3. The van der Waals surface area contributed by atoms with Crippen molar-refractivity contribution in [1.29, 1.82) is 0 Å². The second-order valence-electron chi connectivity index (χ2n) is 8.64. The molecule has 1 N–H and O–H groups in total. The Hall–Kier alpha value is -3.23. The number of rotatable bonds is 6. The molecule has 1 aliphatic heterocycles. The van der Waals surface area contributed by atoms with Crippen LogP contribution in [0.2, 0.25) is 0 Å². The minimum atomic E-state index is -4.40. The van der Waals surface area contributed by atoms with Gasteiger partial charge in [-0.05, 0) is 60.5 Å². The number of benzene rings is 2. The number of nitrogens with zero attached hydrogens (tertiary/aromatic N) is 3. The SMILES string of the molecule is C[C@H]1CN(Cc2cccnc2)CCN1Cc1ccc(C(=O)Nc2ccc(C(F)(F)F)cc2)cc1. The van der Waals surface area contributed by atoms with Crippen molar-refractivity contribution in [2.45, 2.75) is 32.2 Å². The van der Waals surface area contributed by atoms with Gasteiger partial charge in [-0.2, -0.15) is 13.2 Å². The highest BCUT2D eigenvalue weighted by molar-refractivity contribution is 6.04. The van der Waals surface area contributed by atoms with E-state index < -0.39 is 11.7 Å². The second-order valence-corrected chi connectivity index (χ2v) is 8.64. The van der Waals surface area contributed by atoms with Gasteiger partial charge < -0.3 is 5.32 Å². The molecule has 0 bridgehead atoms. The van der Waals surface area contributed by atoms with Crippen LogP contribution < -0.4 is 5.32 Å². The summed E-state index contributed by atoms with van der Waals surface area (Å²) in [5.41, 5.74) is 2.35. The Labute approximate surface area is 197 Å². The van der Waals surface area contributed by atoms with Crippen molar-refractivity contribution >= 4 is 11.6 Å². The Morgan fingerprint density at radius 3 is 2.35 bits per heavy atom. The van der Waals surface area contributed by atoms with Crippen LogP contribution in [0.25, 0.3) is 0 Å². The molecule has 1 saturated heterocycles. The Morgan fingerprint density at radius 2 is 1.74 bits per heavy atom. The number of piperazine rings is 1. The van der Waals surface area contributed by atoms with Gasteiger partial charge in [0.2, 0.25) is 0 Å². The highest BCUT2D eigenvalue weighted by Gasteiger charge is 2.30. The quantitative estimate of drug-likeness (QED) is 0.550. The Balaban J connectivity index is 1.29. The lowest BCUT2D eigenvalue weighted by Crippen LogP contribution is -2.50. The predicted octanol–water partition coefficient (Wildman–Crippen LogP) is 5.06. The lowest BCUT2D eigenvalue weighted by Gasteiger charge is -2.40. The van der Waals surface area contributed by atoms with Gasteiger partial charge in [0, 0.05) is 62.4 Å². The first-order valence-electron chi connectivity index (χ1n) is 11.2. The first kappa shape index (κ1) is 23.9. The summed E-state index contributed by atoms with van der Waals surface area (Å²) >= 11 is 0. The van der Waals surface area contributed by atoms with Crippen LogP contribution in [0.1, 0.15) is 34.0 Å². The van der Waals surface area contributed by atoms with E-state index in [1.165, 1.54) is 17.7 Å². The predicted molar refractivity (Wildman–Crippen MR) is 125 cm³/mol. The number of amides is 1. The minimum absolute atomic E-state index is 0.319. The molecule has 34 heavy (non-hydrogen) atoms. The van der Waals surface area contributed by atoms with E-state index >= 15 is 0 Å². The largest absolute Gasteiger partial charge is 0.416 e. The Morgan fingerprint density at radius 1 is 1.00 bits per heavy atom. The third-order valence-electron chi connectivity index (χ3n) is 6.05. The summed E-state index contributed by atoms with van der Waals surface area (Å²) in [6.07, 6.45) is -0.706. The van der Waals surface area contributed by atoms with E-state index in [0.29, 0.717) is 17.3 Å². The summed E-state index contributed by atoms with van der Waals surface area (Å²) in [4.78, 5) is 21.5. The molecule has 1 fully saturated rings. The molecule has 0 saturated carbocycles. The average molecular weight is 469 g/mol. The standard InChI is InChI=1S/C26H27F3N4O/c1-19-16-32(17-21-3-2-12-30-15-21)13-14-33(19)18-20-4-6-22(7-5-20)25(34)31-24-10-8-23(9-11-24)26(27,28)29/h2-12,15,19H,13-14,16-18H2,1H3,(H,31,34)/t19-/m0/s1. The average Bonchev–Trinajstić information content (AvgIpc) is 2.82. The van der Waals surface area contributed by atoms with Gasteiger partial charge in [0.15, 0.2) is 0 Å². The summed E-state index contributed by atoms with van der Waals surface area (Å²) in [5.74, 6) is -0.358. The van der Waals surface area contributed by atoms with Gasteiger partial charge in [-0.15, -0.1) is 0 Å². The molecule has 2 aromatic carbocycles. The molecule has 4 rings (SSSR count). The van der Waals surface area contributed by atoms with Crippen LogP contribution in [-0.2, 0) is 19.3 Å². The molecular formula is C26H27F3N4O. The van der Waals surface area contributed by atoms with E-state index in [4.69, 9.17) is 0 Å². The third kappa shape index (κ3) is 6.21. The van der Waals surface area contributed by atoms with Crippen LogP contribution in [0.4, 0.5) is 18.9 Å². The van der Waals surface area contributed by atoms with Gasteiger partial charge >= 0.3 is 6.18 Å². The van der Waals surface area contributed by atoms with Gasteiger partial charge in [-0.1, -0.05) is 18.2 Å². The number of nitrogens with one attached hydrogen (secondary N) is 1. The van der Waals surface area contributed by atoms with E-state index in [1.54, 1.807) is 18.3 Å². The lowest BCUT2D eigenvalue weighted by molar-refractivity contribution is -0.137. The van der Waals surface area contributed by atoms with Crippen LogP contribution in [0.3, 0.4) is 0 Å². The van der Waals surface area contributed by atoms with Crippen molar-refractivity contribution in [3.8, 4) is 0 Å². The Kier molecular flexibility index (Phi) is 7.29. The highest BCUT2D eigenvalue weighted by Crippen LogP contribution is 2.30. The van der Waals surface area contributed by atoms with Crippen LogP contribution >= 0.6 is 0 Å². The van der Waals surface area contributed by atoms with Crippen LogP contribution in [0.15, 0.2) is 73.1 Å². The van der Waals surface area contributed by atoms with Gasteiger partial charge in [0.05, 0.1) is 5.56 Å². The normalized spacial score (nSPS) is 17.5. The van der Waals surface area contributed by atoms with E-state index in [1.807, 2.05) is 24.4 Å². The number of hydrogen-bond acceptors (Lipinski definition) is 4. The van der Waals surface area contributed by atoms with Crippen molar-refractivity contribution in [2.24, 2.45) is 0 Å². The fourth-order valence-corrected chi connectivity index (χ4v) is 4.14. The van der Waals surface area contributed by atoms with Gasteiger partial charge in [0.1, 0.15) is 0 Å². The maximum atomic E-state index is 12.7. The van der Waals surface area contributed by atoms with Crippen molar-refractivity contribution in [2.75, 3.05) is 25.0 Å². The molecule has 1 amide bonds. The molecule has 1 aliphatic rings. The maximum Gasteiger partial charge on any atom is 0.416 e. The van der Waals surface area contributed by atoms with Gasteiger partial charge in [-0.3, -0.25) is 19.6 Å². The number of halogens is 3. The number of anilines is 1. The number of pyridine rings is 1. The monoisotopic (exact) mass is 468 g/mol. The van der Waals surface area contributed by atoms with Gasteiger partial charge in [0.25, 0.3) is 5.91 Å². The van der Waals surface area contributed by atoms with Crippen molar-refractivity contribution in [1.82, 2.24) is 14.8 Å². The molecule has 5 nitrogen and oxygen atoms in total. The number of aromatic nitrogens is 1. The minimum Gasteiger partial charge on any atom is -0.322 e. The zero-order valence-electron chi connectivity index (χ0n) is 18.9. The van der Waals surface area contributed by atoms with E-state index in [9.17, 15) is 18.0 Å². The maximum absolute atomic E-state index is 12.7. The topological polar surface area (TPSA) is 48.5 Å². The third-order valence-corrected chi connectivity index (χ3v) is 6.05. The molecule has 8 heteroatoms. The summed E-state index contributed by atoms with van der Waals surface area (Å²) in [5, 5.41) is 2.64. The number of carbonyl (C=O) groups is 1. The Bertz CT molecular complexity index is 1090. The summed E-state index contributed by atoms with van der Waals surface area (Å²) in [6, 6.07) is 16.2. The summed E-state index contributed by atoms with van der Waals surface area (Å²) in [6.45, 7) is 6.83. The van der Waals surface area contributed by atoms with Crippen LogP contribution in [0, 0.1) is 0 Å². The molecule has 1 atom stereocenters. The van der Waals surface area contributed by atoms with E-state index in [2.05, 4.69) is 33.1 Å². The van der Waals surface area contributed by atoms with E-state index in [0.717, 1.165) is 50.4 Å². The zero-order valence-corrected chi connectivity index (χ0v) is 18.9. The first-order valence-corrected chi connectivity index (χ1v) is 11.2. The molecule has 3 aromatic rings. The number of carbonyl (C=O) groups excluding carboxylic acids is 1.